The second-order valence-electron chi connectivity index (χ2n) is 7.88. The lowest BCUT2D eigenvalue weighted by molar-refractivity contribution is -0.113. The molecule has 3 nitrogen and oxygen atoms in total. The lowest BCUT2D eigenvalue weighted by atomic mass is 10.0. The Morgan fingerprint density at radius 2 is 1.25 bits per heavy atom. The number of primary amides is 1. The van der Waals surface area contributed by atoms with E-state index in [2.05, 4.69) is 12.2 Å². The summed E-state index contributed by atoms with van der Waals surface area (Å²) in [4.78, 5) is 10.7. The van der Waals surface area contributed by atoms with E-state index in [1.807, 2.05) is 24.3 Å². The van der Waals surface area contributed by atoms with Crippen molar-refractivity contribution in [3.63, 3.8) is 0 Å². The molecule has 3 heteroatoms. The van der Waals surface area contributed by atoms with Gasteiger partial charge in [-0.2, -0.15) is 0 Å². The molecule has 1 rings (SSSR count). The molecule has 0 bridgehead atoms. The molecule has 0 fully saturated rings. The molecule has 1 aromatic rings. The fourth-order valence-corrected chi connectivity index (χ4v) is 3.44. The van der Waals surface area contributed by atoms with E-state index < -0.39 is 5.91 Å². The van der Waals surface area contributed by atoms with Crippen molar-refractivity contribution in [1.82, 2.24) is 0 Å². The number of anilines is 1. The molecule has 3 N–H and O–H groups in total. The summed E-state index contributed by atoms with van der Waals surface area (Å²) in [6, 6.07) is 8.08. The lowest BCUT2D eigenvalue weighted by Gasteiger charge is -2.07. The van der Waals surface area contributed by atoms with Gasteiger partial charge < -0.3 is 11.1 Å². The fourth-order valence-electron chi connectivity index (χ4n) is 3.44. The number of amides is 1. The van der Waals surface area contributed by atoms with E-state index in [-0.39, 0.29) is 0 Å². The summed E-state index contributed by atoms with van der Waals surface area (Å²) in [5.74, 6) is -0.417. The van der Waals surface area contributed by atoms with Gasteiger partial charge in [-0.05, 0) is 30.2 Å². The van der Waals surface area contributed by atoms with E-state index in [1.165, 1.54) is 96.0 Å². The second-order valence-corrected chi connectivity index (χ2v) is 7.88. The number of unbranched alkanes of at least 4 members (excludes halogenated alkanes) is 13. The van der Waals surface area contributed by atoms with Crippen molar-refractivity contribution in [1.29, 1.82) is 0 Å². The Hall–Kier alpha value is -1.77. The van der Waals surface area contributed by atoms with E-state index in [0.29, 0.717) is 0 Å². The van der Waals surface area contributed by atoms with Crippen LogP contribution in [0.4, 0.5) is 5.69 Å². The summed E-state index contributed by atoms with van der Waals surface area (Å²) >= 11 is 0. The van der Waals surface area contributed by atoms with Crippen molar-refractivity contribution in [3.8, 4) is 0 Å². The smallest absolute Gasteiger partial charge is 0.241 e. The molecule has 0 radical (unpaired) electrons. The van der Waals surface area contributed by atoms with Gasteiger partial charge in [0.15, 0.2) is 0 Å². The zero-order chi connectivity index (χ0) is 20.3. The van der Waals surface area contributed by atoms with Crippen LogP contribution < -0.4 is 11.1 Å². The Labute approximate surface area is 173 Å². The van der Waals surface area contributed by atoms with Crippen molar-refractivity contribution in [3.05, 3.63) is 35.9 Å². The molecular formula is C25H42N2O. The Bertz CT molecular complexity index is 522. The third-order valence-electron chi connectivity index (χ3n) is 5.21. The van der Waals surface area contributed by atoms with Crippen LogP contribution in [0.15, 0.2) is 30.3 Å². The van der Waals surface area contributed by atoms with Crippen LogP contribution in [0, 0.1) is 0 Å². The first-order chi connectivity index (χ1) is 13.7. The summed E-state index contributed by atoms with van der Waals surface area (Å²) in [7, 11) is 0. The molecule has 158 valence electrons. The summed E-state index contributed by atoms with van der Waals surface area (Å²) in [5.41, 5.74) is 7.22. The van der Waals surface area contributed by atoms with Crippen LogP contribution in [0.5, 0.6) is 0 Å². The zero-order valence-corrected chi connectivity index (χ0v) is 18.1. The fraction of sp³-hybridized carbons (Fsp3) is 0.640. The maximum Gasteiger partial charge on any atom is 0.241 e. The van der Waals surface area contributed by atoms with Crippen molar-refractivity contribution in [2.75, 3.05) is 11.9 Å². The lowest BCUT2D eigenvalue weighted by Crippen LogP contribution is -2.05. The van der Waals surface area contributed by atoms with Gasteiger partial charge in [-0.3, -0.25) is 4.79 Å². The normalized spacial score (nSPS) is 11.2. The van der Waals surface area contributed by atoms with Crippen LogP contribution >= 0.6 is 0 Å². The van der Waals surface area contributed by atoms with E-state index in [0.717, 1.165) is 17.8 Å². The molecule has 1 amide bonds. The Morgan fingerprint density at radius 3 is 1.71 bits per heavy atom. The highest BCUT2D eigenvalue weighted by Gasteiger charge is 1.95. The maximum atomic E-state index is 10.7. The van der Waals surface area contributed by atoms with E-state index in [4.69, 9.17) is 5.73 Å². The van der Waals surface area contributed by atoms with Crippen LogP contribution in [0.3, 0.4) is 0 Å². The van der Waals surface area contributed by atoms with Gasteiger partial charge in [0.25, 0.3) is 0 Å². The quantitative estimate of drug-likeness (QED) is 0.209. The summed E-state index contributed by atoms with van der Waals surface area (Å²) in [6.45, 7) is 3.30. The van der Waals surface area contributed by atoms with Crippen molar-refractivity contribution >= 4 is 17.7 Å². The van der Waals surface area contributed by atoms with Crippen molar-refractivity contribution < 1.29 is 4.79 Å². The van der Waals surface area contributed by atoms with Gasteiger partial charge in [0.05, 0.1) is 0 Å². The number of nitrogens with one attached hydrogen (secondary N) is 1. The van der Waals surface area contributed by atoms with Crippen LogP contribution in [0.1, 0.15) is 102 Å². The number of carbonyl (C=O) groups excluding carboxylic acids is 1. The van der Waals surface area contributed by atoms with Crippen molar-refractivity contribution in [2.24, 2.45) is 5.73 Å². The average molecular weight is 387 g/mol. The largest absolute Gasteiger partial charge is 0.385 e. The summed E-state index contributed by atoms with van der Waals surface area (Å²) < 4.78 is 0. The second kappa shape index (κ2) is 17.3. The first-order valence-corrected chi connectivity index (χ1v) is 11.5. The molecular weight excluding hydrogens is 344 g/mol. The van der Waals surface area contributed by atoms with Gasteiger partial charge in [-0.1, -0.05) is 103 Å². The predicted octanol–water partition coefficient (Wildman–Crippen LogP) is 7.08. The van der Waals surface area contributed by atoms with E-state index in [1.54, 1.807) is 6.08 Å². The number of benzene rings is 1. The Morgan fingerprint density at radius 1 is 0.786 bits per heavy atom. The topological polar surface area (TPSA) is 55.1 Å². The number of hydrogen-bond donors (Lipinski definition) is 2. The monoisotopic (exact) mass is 386 g/mol. The highest BCUT2D eigenvalue weighted by molar-refractivity contribution is 5.90. The molecule has 28 heavy (non-hydrogen) atoms. The summed E-state index contributed by atoms with van der Waals surface area (Å²) in [5, 5.41) is 3.46. The zero-order valence-electron chi connectivity index (χ0n) is 18.1. The van der Waals surface area contributed by atoms with Crippen LogP contribution in [0.2, 0.25) is 0 Å². The van der Waals surface area contributed by atoms with Gasteiger partial charge in [-0.15, -0.1) is 0 Å². The first kappa shape index (κ1) is 24.3. The molecule has 0 heterocycles. The molecule has 0 unspecified atom stereocenters. The standard InChI is InChI=1S/C25H42N2O/c1-2-3-4-5-6-7-8-9-10-11-12-13-14-15-22-27-24-19-16-23(17-20-24)18-21-25(26)28/h16-21,27H,2-15,22H2,1H3,(H2,26,28)/b21-18+. The number of rotatable bonds is 18. The molecule has 0 aliphatic carbocycles. The number of carbonyl (C=O) groups is 1. The average Bonchev–Trinajstić information content (AvgIpc) is 2.70. The molecule has 0 saturated carbocycles. The van der Waals surface area contributed by atoms with Gasteiger partial charge in [0.1, 0.15) is 0 Å². The maximum absolute atomic E-state index is 10.7. The highest BCUT2D eigenvalue weighted by atomic mass is 16.1. The van der Waals surface area contributed by atoms with Crippen molar-refractivity contribution in [2.45, 2.75) is 96.8 Å². The third-order valence-corrected chi connectivity index (χ3v) is 5.21. The van der Waals surface area contributed by atoms with Crippen LogP contribution in [-0.2, 0) is 4.79 Å². The van der Waals surface area contributed by atoms with Gasteiger partial charge >= 0.3 is 0 Å². The predicted molar refractivity (Wildman–Crippen MR) is 123 cm³/mol. The van der Waals surface area contributed by atoms with Crippen LogP contribution in [0.25, 0.3) is 6.08 Å². The molecule has 0 aliphatic heterocycles. The molecule has 1 aromatic carbocycles. The van der Waals surface area contributed by atoms with Crippen LogP contribution in [-0.4, -0.2) is 12.5 Å². The number of hydrogen-bond acceptors (Lipinski definition) is 2. The highest BCUT2D eigenvalue weighted by Crippen LogP contribution is 2.14. The molecule has 0 spiro atoms. The molecule has 0 atom stereocenters. The van der Waals surface area contributed by atoms with E-state index >= 15 is 0 Å². The minimum atomic E-state index is -0.417. The molecule has 0 aromatic heterocycles. The minimum absolute atomic E-state index is 0.417. The molecule has 0 saturated heterocycles. The van der Waals surface area contributed by atoms with Gasteiger partial charge in [0.2, 0.25) is 5.91 Å². The Balaban J connectivity index is 1.88. The van der Waals surface area contributed by atoms with Gasteiger partial charge in [0, 0.05) is 18.3 Å². The SMILES string of the molecule is CCCCCCCCCCCCCCCCNc1ccc(/C=C/C(N)=O)cc1. The molecule has 0 aliphatic rings. The number of nitrogens with two attached hydrogens (primary N) is 1. The van der Waals surface area contributed by atoms with Gasteiger partial charge in [-0.25, -0.2) is 0 Å². The third kappa shape index (κ3) is 14.3. The summed E-state index contributed by atoms with van der Waals surface area (Å²) in [6.07, 6.45) is 22.6. The Kier molecular flexibility index (Phi) is 15.0. The van der Waals surface area contributed by atoms with E-state index in [9.17, 15) is 4.79 Å². The first-order valence-electron chi connectivity index (χ1n) is 11.5. The minimum Gasteiger partial charge on any atom is -0.385 e.